The number of hydrogen-bond donors (Lipinski definition) is 0. The minimum atomic E-state index is 0.709. The van der Waals surface area contributed by atoms with E-state index in [0.29, 0.717) is 11.8 Å². The van der Waals surface area contributed by atoms with Crippen LogP contribution >= 0.6 is 0 Å². The van der Waals surface area contributed by atoms with E-state index in [9.17, 15) is 0 Å². The third kappa shape index (κ3) is 2.28. The Labute approximate surface area is 137 Å². The molecule has 0 radical (unpaired) electrons. The van der Waals surface area contributed by atoms with Crippen molar-refractivity contribution in [2.45, 2.75) is 27.2 Å². The van der Waals surface area contributed by atoms with Crippen molar-refractivity contribution in [3.8, 4) is 0 Å². The summed E-state index contributed by atoms with van der Waals surface area (Å²) >= 11 is 0. The molecule has 1 aliphatic rings. The first-order valence-electron chi connectivity index (χ1n) is 8.49. The Morgan fingerprint density at radius 3 is 2.57 bits per heavy atom. The first-order valence-corrected chi connectivity index (χ1v) is 8.49. The molecule has 1 saturated heterocycles. The van der Waals surface area contributed by atoms with Gasteiger partial charge >= 0.3 is 0 Å². The molecule has 0 saturated carbocycles. The largest absolute Gasteiger partial charge is 0.354 e. The molecule has 1 fully saturated rings. The molecule has 3 heterocycles. The van der Waals surface area contributed by atoms with Gasteiger partial charge in [0.1, 0.15) is 17.4 Å². The van der Waals surface area contributed by atoms with Gasteiger partial charge in [-0.1, -0.05) is 25.5 Å². The fourth-order valence-electron chi connectivity index (χ4n) is 4.20. The van der Waals surface area contributed by atoms with Crippen molar-refractivity contribution in [1.82, 2.24) is 14.5 Å². The normalized spacial score (nSPS) is 22.2. The monoisotopic (exact) mass is 308 g/mol. The highest BCUT2D eigenvalue weighted by Crippen LogP contribution is 2.34. The van der Waals surface area contributed by atoms with E-state index in [1.54, 1.807) is 6.33 Å². The second-order valence-electron chi connectivity index (χ2n) is 7.33. The second-order valence-corrected chi connectivity index (χ2v) is 7.33. The average molecular weight is 308 g/mol. The summed E-state index contributed by atoms with van der Waals surface area (Å²) in [6, 6.07) is 6.59. The molecule has 1 aliphatic heterocycles. The summed E-state index contributed by atoms with van der Waals surface area (Å²) < 4.78 is 2.25. The van der Waals surface area contributed by atoms with Crippen LogP contribution < -0.4 is 4.90 Å². The van der Waals surface area contributed by atoms with Gasteiger partial charge in [0.15, 0.2) is 5.82 Å². The highest BCUT2D eigenvalue weighted by Gasteiger charge is 2.25. The molecule has 0 amide bonds. The zero-order valence-corrected chi connectivity index (χ0v) is 14.4. The summed E-state index contributed by atoms with van der Waals surface area (Å²) in [5.41, 5.74) is 4.73. The lowest BCUT2D eigenvalue weighted by molar-refractivity contribution is 0.355. The highest BCUT2D eigenvalue weighted by atomic mass is 15.2. The molecular formula is C19H24N4. The molecule has 120 valence electrons. The van der Waals surface area contributed by atoms with Crippen LogP contribution in [0.15, 0.2) is 24.5 Å². The predicted molar refractivity (Wildman–Crippen MR) is 95.9 cm³/mol. The highest BCUT2D eigenvalue weighted by molar-refractivity contribution is 6.09. The van der Waals surface area contributed by atoms with Crippen LogP contribution in [0.3, 0.4) is 0 Å². The number of aryl methyl sites for hydroxylation is 2. The van der Waals surface area contributed by atoms with Crippen LogP contribution in [0.25, 0.3) is 21.9 Å². The third-order valence-corrected chi connectivity index (χ3v) is 5.08. The number of rotatable bonds is 1. The number of piperidine rings is 1. The van der Waals surface area contributed by atoms with Crippen LogP contribution in [0.1, 0.15) is 25.8 Å². The van der Waals surface area contributed by atoms with E-state index in [-0.39, 0.29) is 0 Å². The Hall–Kier alpha value is -2.10. The molecule has 2 aromatic heterocycles. The van der Waals surface area contributed by atoms with Gasteiger partial charge in [0.25, 0.3) is 0 Å². The topological polar surface area (TPSA) is 34.0 Å². The fraction of sp³-hybridized carbons (Fsp3) is 0.474. The summed E-state index contributed by atoms with van der Waals surface area (Å²) in [5.74, 6) is 2.51. The average Bonchev–Trinajstić information content (AvgIpc) is 2.79. The number of fused-ring (bicyclic) bond motifs is 3. The summed E-state index contributed by atoms with van der Waals surface area (Å²) in [5, 5.41) is 1.23. The van der Waals surface area contributed by atoms with Crippen molar-refractivity contribution >= 4 is 27.8 Å². The molecule has 4 nitrogen and oxygen atoms in total. The molecule has 0 spiro atoms. The minimum Gasteiger partial charge on any atom is -0.354 e. The maximum Gasteiger partial charge on any atom is 0.156 e. The van der Waals surface area contributed by atoms with Gasteiger partial charge in [-0.2, -0.15) is 0 Å². The molecule has 0 bridgehead atoms. The first-order chi connectivity index (χ1) is 11.0. The smallest absolute Gasteiger partial charge is 0.156 e. The Bertz CT molecular complexity index is 870. The minimum absolute atomic E-state index is 0.709. The molecule has 0 N–H and O–H groups in total. The van der Waals surface area contributed by atoms with Gasteiger partial charge in [0, 0.05) is 25.5 Å². The summed E-state index contributed by atoms with van der Waals surface area (Å²) in [6.07, 6.45) is 3.03. The third-order valence-electron chi connectivity index (χ3n) is 5.08. The summed E-state index contributed by atoms with van der Waals surface area (Å²) in [6.45, 7) is 8.97. The van der Waals surface area contributed by atoms with Gasteiger partial charge in [-0.05, 0) is 37.3 Å². The van der Waals surface area contributed by atoms with Crippen LogP contribution in [0.5, 0.6) is 0 Å². The quantitative estimate of drug-likeness (QED) is 0.683. The van der Waals surface area contributed by atoms with Gasteiger partial charge in [-0.15, -0.1) is 0 Å². The number of anilines is 1. The molecule has 2 unspecified atom stereocenters. The Kier molecular flexibility index (Phi) is 3.29. The molecule has 4 heteroatoms. The van der Waals surface area contributed by atoms with Crippen LogP contribution in [-0.4, -0.2) is 27.6 Å². The Balaban J connectivity index is 1.96. The Morgan fingerprint density at radius 1 is 1.09 bits per heavy atom. The van der Waals surface area contributed by atoms with Crippen LogP contribution in [0.4, 0.5) is 5.82 Å². The molecule has 0 aliphatic carbocycles. The van der Waals surface area contributed by atoms with Gasteiger partial charge in [-0.25, -0.2) is 9.97 Å². The number of aromatic nitrogens is 3. The van der Waals surface area contributed by atoms with Crippen LogP contribution in [-0.2, 0) is 7.05 Å². The maximum atomic E-state index is 4.67. The van der Waals surface area contributed by atoms with Crippen molar-refractivity contribution in [2.75, 3.05) is 18.0 Å². The van der Waals surface area contributed by atoms with E-state index in [4.69, 9.17) is 0 Å². The second kappa shape index (κ2) is 5.22. The van der Waals surface area contributed by atoms with Crippen molar-refractivity contribution < 1.29 is 0 Å². The lowest BCUT2D eigenvalue weighted by atomic mass is 9.92. The predicted octanol–water partition coefficient (Wildman–Crippen LogP) is 3.91. The van der Waals surface area contributed by atoms with E-state index in [0.717, 1.165) is 29.9 Å². The van der Waals surface area contributed by atoms with E-state index in [1.165, 1.54) is 22.9 Å². The fourth-order valence-corrected chi connectivity index (χ4v) is 4.20. The van der Waals surface area contributed by atoms with E-state index < -0.39 is 0 Å². The summed E-state index contributed by atoms with van der Waals surface area (Å²) in [7, 11) is 2.13. The van der Waals surface area contributed by atoms with Crippen LogP contribution in [0, 0.1) is 18.8 Å². The van der Waals surface area contributed by atoms with Crippen molar-refractivity contribution in [3.63, 3.8) is 0 Å². The van der Waals surface area contributed by atoms with Crippen molar-refractivity contribution in [2.24, 2.45) is 18.9 Å². The number of hydrogen-bond acceptors (Lipinski definition) is 3. The molecular weight excluding hydrogens is 284 g/mol. The SMILES string of the molecule is Cc1ccc2c(c1)c1ncnc(N3CC(C)CC(C)C3)c1n2C. The first kappa shape index (κ1) is 14.5. The molecule has 2 atom stereocenters. The van der Waals surface area contributed by atoms with Crippen molar-refractivity contribution in [1.29, 1.82) is 0 Å². The van der Waals surface area contributed by atoms with Gasteiger partial charge < -0.3 is 9.47 Å². The number of nitrogens with zero attached hydrogens (tertiary/aromatic N) is 4. The number of benzene rings is 1. The van der Waals surface area contributed by atoms with Crippen LogP contribution in [0.2, 0.25) is 0 Å². The molecule has 23 heavy (non-hydrogen) atoms. The van der Waals surface area contributed by atoms with Gasteiger partial charge in [-0.3, -0.25) is 0 Å². The van der Waals surface area contributed by atoms with E-state index >= 15 is 0 Å². The Morgan fingerprint density at radius 2 is 1.83 bits per heavy atom. The van der Waals surface area contributed by atoms with E-state index in [1.807, 2.05) is 0 Å². The zero-order chi connectivity index (χ0) is 16.1. The standard InChI is InChI=1S/C19H24N4/c1-12-5-6-16-15(8-12)17-18(22(16)4)19(21-11-20-17)23-9-13(2)7-14(3)10-23/h5-6,8,11,13-14H,7,9-10H2,1-4H3. The maximum absolute atomic E-state index is 4.67. The molecule has 3 aromatic rings. The molecule has 4 rings (SSSR count). The lowest BCUT2D eigenvalue weighted by Gasteiger charge is -2.36. The summed E-state index contributed by atoms with van der Waals surface area (Å²) in [4.78, 5) is 11.7. The van der Waals surface area contributed by atoms with Crippen molar-refractivity contribution in [3.05, 3.63) is 30.1 Å². The zero-order valence-electron chi connectivity index (χ0n) is 14.4. The molecule has 1 aromatic carbocycles. The van der Waals surface area contributed by atoms with Gasteiger partial charge in [0.05, 0.1) is 5.52 Å². The van der Waals surface area contributed by atoms with E-state index in [2.05, 4.69) is 65.5 Å². The lowest BCUT2D eigenvalue weighted by Crippen LogP contribution is -2.39. The van der Waals surface area contributed by atoms with Gasteiger partial charge in [0.2, 0.25) is 0 Å².